The summed E-state index contributed by atoms with van der Waals surface area (Å²) in [5, 5.41) is 11.5. The van der Waals surface area contributed by atoms with E-state index in [1.165, 1.54) is 0 Å². The zero-order valence-electron chi connectivity index (χ0n) is 9.80. The molecule has 1 N–H and O–H groups in total. The van der Waals surface area contributed by atoms with E-state index < -0.39 is 0 Å². The van der Waals surface area contributed by atoms with Crippen LogP contribution in [0.2, 0.25) is 10.3 Å². The number of nitrogens with zero attached hydrogens (tertiary/aromatic N) is 2. The van der Waals surface area contributed by atoms with Gasteiger partial charge in [0.15, 0.2) is 10.3 Å². The Labute approximate surface area is 107 Å². The van der Waals surface area contributed by atoms with Crippen LogP contribution in [0.25, 0.3) is 0 Å². The predicted molar refractivity (Wildman–Crippen MR) is 69.2 cm³/mol. The van der Waals surface area contributed by atoms with E-state index in [0.717, 1.165) is 18.5 Å². The van der Waals surface area contributed by atoms with Crippen molar-refractivity contribution in [1.82, 2.24) is 10.2 Å². The van der Waals surface area contributed by atoms with E-state index in [0.29, 0.717) is 22.3 Å². The van der Waals surface area contributed by atoms with Crippen LogP contribution in [0.4, 0.5) is 5.69 Å². The zero-order valence-corrected chi connectivity index (χ0v) is 11.3. The molecule has 16 heavy (non-hydrogen) atoms. The molecule has 0 aliphatic heterocycles. The van der Waals surface area contributed by atoms with E-state index in [1.54, 1.807) is 6.07 Å². The Bertz CT molecular complexity index is 340. The molecule has 0 radical (unpaired) electrons. The van der Waals surface area contributed by atoms with Crippen LogP contribution in [0, 0.1) is 5.92 Å². The molecule has 0 saturated heterocycles. The molecule has 0 saturated carbocycles. The lowest BCUT2D eigenvalue weighted by atomic mass is 9.95. The molecule has 1 atom stereocenters. The molecule has 0 aromatic carbocycles. The summed E-state index contributed by atoms with van der Waals surface area (Å²) in [6.07, 6.45) is 2.27. The van der Waals surface area contributed by atoms with Gasteiger partial charge in [0.05, 0.1) is 5.69 Å². The van der Waals surface area contributed by atoms with Crippen molar-refractivity contribution < 1.29 is 0 Å². The minimum absolute atomic E-state index is 0.341. The third-order valence-electron chi connectivity index (χ3n) is 2.86. The van der Waals surface area contributed by atoms with Gasteiger partial charge in [-0.3, -0.25) is 0 Å². The van der Waals surface area contributed by atoms with E-state index in [4.69, 9.17) is 23.2 Å². The lowest BCUT2D eigenvalue weighted by molar-refractivity contribution is 0.438. The largest absolute Gasteiger partial charge is 0.380 e. The van der Waals surface area contributed by atoms with Crippen LogP contribution < -0.4 is 5.32 Å². The van der Waals surface area contributed by atoms with Crippen LogP contribution in [0.15, 0.2) is 6.07 Å². The van der Waals surface area contributed by atoms with Crippen molar-refractivity contribution in [2.45, 2.75) is 39.7 Å². The number of aromatic nitrogens is 2. The number of rotatable bonds is 5. The number of hydrogen-bond donors (Lipinski definition) is 1. The van der Waals surface area contributed by atoms with Gasteiger partial charge in [0, 0.05) is 12.1 Å². The highest BCUT2D eigenvalue weighted by Gasteiger charge is 2.15. The summed E-state index contributed by atoms with van der Waals surface area (Å²) in [5.41, 5.74) is 0.751. The number of halogens is 2. The molecule has 0 spiro atoms. The predicted octanol–water partition coefficient (Wildman–Crippen LogP) is 4.02. The van der Waals surface area contributed by atoms with Gasteiger partial charge < -0.3 is 5.32 Å². The fraction of sp³-hybridized carbons (Fsp3) is 0.636. The van der Waals surface area contributed by atoms with E-state index >= 15 is 0 Å². The van der Waals surface area contributed by atoms with Crippen LogP contribution >= 0.6 is 23.2 Å². The van der Waals surface area contributed by atoms with Crippen LogP contribution in [0.1, 0.15) is 33.6 Å². The molecule has 0 amide bonds. The van der Waals surface area contributed by atoms with Crippen molar-refractivity contribution in [2.24, 2.45) is 5.92 Å². The molecule has 0 aliphatic carbocycles. The van der Waals surface area contributed by atoms with E-state index in [9.17, 15) is 0 Å². The molecular weight excluding hydrogens is 245 g/mol. The molecule has 1 heterocycles. The average Bonchev–Trinajstić information content (AvgIpc) is 2.25. The second kappa shape index (κ2) is 6.26. The van der Waals surface area contributed by atoms with Gasteiger partial charge in [0.1, 0.15) is 0 Å². The van der Waals surface area contributed by atoms with Gasteiger partial charge in [0.2, 0.25) is 0 Å². The quantitative estimate of drug-likeness (QED) is 0.870. The van der Waals surface area contributed by atoms with Crippen LogP contribution in [0.5, 0.6) is 0 Å². The highest BCUT2D eigenvalue weighted by Crippen LogP contribution is 2.24. The Morgan fingerprint density at radius 1 is 1.25 bits per heavy atom. The van der Waals surface area contributed by atoms with Crippen molar-refractivity contribution in [3.8, 4) is 0 Å². The van der Waals surface area contributed by atoms with E-state index in [-0.39, 0.29) is 0 Å². The average molecular weight is 262 g/mol. The highest BCUT2D eigenvalue weighted by atomic mass is 35.5. The molecule has 1 aromatic heterocycles. The molecule has 90 valence electrons. The second-order valence-corrected chi connectivity index (χ2v) is 4.63. The number of nitrogens with one attached hydrogen (secondary N) is 1. The van der Waals surface area contributed by atoms with Gasteiger partial charge in [-0.25, -0.2) is 0 Å². The minimum Gasteiger partial charge on any atom is -0.380 e. The Kier molecular flexibility index (Phi) is 5.29. The fourth-order valence-electron chi connectivity index (χ4n) is 1.81. The molecule has 0 aliphatic rings. The zero-order chi connectivity index (χ0) is 12.1. The first kappa shape index (κ1) is 13.5. The third kappa shape index (κ3) is 3.49. The smallest absolute Gasteiger partial charge is 0.174 e. The molecule has 0 fully saturated rings. The summed E-state index contributed by atoms with van der Waals surface area (Å²) in [6.45, 7) is 6.51. The van der Waals surface area contributed by atoms with Gasteiger partial charge in [-0.15, -0.1) is 10.2 Å². The SMILES string of the molecule is CCC(CC)C(C)Nc1cc(Cl)nnc1Cl. The summed E-state index contributed by atoms with van der Waals surface area (Å²) < 4.78 is 0. The summed E-state index contributed by atoms with van der Waals surface area (Å²) in [5.74, 6) is 0.614. The molecule has 0 bridgehead atoms. The third-order valence-corrected chi connectivity index (χ3v) is 3.32. The van der Waals surface area contributed by atoms with Crippen molar-refractivity contribution in [3.05, 3.63) is 16.4 Å². The lowest BCUT2D eigenvalue weighted by Gasteiger charge is -2.23. The summed E-state index contributed by atoms with van der Waals surface area (Å²) >= 11 is 11.7. The topological polar surface area (TPSA) is 37.8 Å². The Hall–Kier alpha value is -0.540. The summed E-state index contributed by atoms with van der Waals surface area (Å²) in [7, 11) is 0. The van der Waals surface area contributed by atoms with E-state index in [2.05, 4.69) is 36.3 Å². The molecular formula is C11H17Cl2N3. The number of anilines is 1. The molecule has 1 rings (SSSR count). The molecule has 5 heteroatoms. The van der Waals surface area contributed by atoms with Gasteiger partial charge in [0.25, 0.3) is 0 Å². The first-order valence-corrected chi connectivity index (χ1v) is 6.29. The first-order chi connectivity index (χ1) is 7.58. The normalized spacial score (nSPS) is 12.9. The van der Waals surface area contributed by atoms with E-state index in [1.807, 2.05) is 0 Å². The van der Waals surface area contributed by atoms with Crippen LogP contribution in [0.3, 0.4) is 0 Å². The molecule has 1 aromatic rings. The first-order valence-electron chi connectivity index (χ1n) is 5.53. The molecule has 3 nitrogen and oxygen atoms in total. The maximum atomic E-state index is 5.94. The Morgan fingerprint density at radius 2 is 1.88 bits per heavy atom. The number of hydrogen-bond acceptors (Lipinski definition) is 3. The van der Waals surface area contributed by atoms with Crippen molar-refractivity contribution in [2.75, 3.05) is 5.32 Å². The summed E-state index contributed by atoms with van der Waals surface area (Å²) in [6, 6.07) is 2.04. The van der Waals surface area contributed by atoms with Gasteiger partial charge in [-0.2, -0.15) is 0 Å². The van der Waals surface area contributed by atoms with Crippen molar-refractivity contribution in [1.29, 1.82) is 0 Å². The van der Waals surface area contributed by atoms with Crippen molar-refractivity contribution >= 4 is 28.9 Å². The maximum Gasteiger partial charge on any atom is 0.174 e. The summed E-state index contributed by atoms with van der Waals surface area (Å²) in [4.78, 5) is 0. The fourth-order valence-corrected chi connectivity index (χ4v) is 2.11. The second-order valence-electron chi connectivity index (χ2n) is 3.88. The van der Waals surface area contributed by atoms with Gasteiger partial charge >= 0.3 is 0 Å². The van der Waals surface area contributed by atoms with Gasteiger partial charge in [-0.05, 0) is 12.8 Å². The Balaban J connectivity index is 2.75. The lowest BCUT2D eigenvalue weighted by Crippen LogP contribution is -2.25. The molecule has 1 unspecified atom stereocenters. The minimum atomic E-state index is 0.341. The maximum absolute atomic E-state index is 5.94. The standard InChI is InChI=1S/C11H17Cl2N3/c1-4-8(5-2)7(3)14-9-6-10(12)15-16-11(9)13/h6-8H,4-5H2,1-3H3,(H,14,15). The van der Waals surface area contributed by atoms with Crippen molar-refractivity contribution in [3.63, 3.8) is 0 Å². The van der Waals surface area contributed by atoms with Gasteiger partial charge in [-0.1, -0.05) is 49.9 Å². The Morgan fingerprint density at radius 3 is 2.44 bits per heavy atom. The monoisotopic (exact) mass is 261 g/mol. The van der Waals surface area contributed by atoms with Crippen LogP contribution in [-0.4, -0.2) is 16.2 Å². The van der Waals surface area contributed by atoms with Crippen LogP contribution in [-0.2, 0) is 0 Å². The highest BCUT2D eigenvalue weighted by molar-refractivity contribution is 6.33.